The van der Waals surface area contributed by atoms with Crippen LogP contribution >= 0.6 is 15.9 Å². The van der Waals surface area contributed by atoms with Gasteiger partial charge in [-0.25, -0.2) is 9.45 Å². The van der Waals surface area contributed by atoms with Crippen LogP contribution in [-0.2, 0) is 15.2 Å². The SMILES string of the molecule is CC(=O)N1OC[C@@H]2C[C@H](C)C[C@@]21c1cc(Br)ccc1F. The number of carbonyl (C=O) groups is 1. The van der Waals surface area contributed by atoms with E-state index in [1.165, 1.54) is 18.1 Å². The van der Waals surface area contributed by atoms with Crippen molar-refractivity contribution >= 4 is 21.8 Å². The Bertz CT molecular complexity index is 565. The highest BCUT2D eigenvalue weighted by atomic mass is 79.9. The summed E-state index contributed by atoms with van der Waals surface area (Å²) in [5.41, 5.74) is -0.0898. The normalized spacial score (nSPS) is 32.5. The van der Waals surface area contributed by atoms with E-state index in [2.05, 4.69) is 22.9 Å². The molecule has 1 aromatic rings. The number of fused-ring (bicyclic) bond motifs is 1. The van der Waals surface area contributed by atoms with Crippen LogP contribution in [0, 0.1) is 17.7 Å². The summed E-state index contributed by atoms with van der Waals surface area (Å²) < 4.78 is 15.2. The molecule has 1 aliphatic heterocycles. The highest BCUT2D eigenvalue weighted by Crippen LogP contribution is 2.55. The van der Waals surface area contributed by atoms with Gasteiger partial charge in [0.05, 0.1) is 6.61 Å². The van der Waals surface area contributed by atoms with Crippen LogP contribution in [0.5, 0.6) is 0 Å². The highest BCUT2D eigenvalue weighted by molar-refractivity contribution is 9.10. The average molecular weight is 342 g/mol. The standard InChI is InChI=1S/C15H17BrFNO2/c1-9-5-11-8-20-18(10(2)19)15(11,7-9)13-6-12(16)3-4-14(13)17/h3-4,6,9,11H,5,7-8H2,1-2H3/t9-,11-,15-/m0/s1. The Morgan fingerprint density at radius 3 is 3.00 bits per heavy atom. The van der Waals surface area contributed by atoms with Crippen molar-refractivity contribution in [3.05, 3.63) is 34.1 Å². The van der Waals surface area contributed by atoms with Gasteiger partial charge in [0, 0.05) is 22.9 Å². The Morgan fingerprint density at radius 1 is 1.55 bits per heavy atom. The maximum Gasteiger partial charge on any atom is 0.243 e. The first kappa shape index (κ1) is 14.0. The van der Waals surface area contributed by atoms with Gasteiger partial charge in [0.2, 0.25) is 5.91 Å². The van der Waals surface area contributed by atoms with E-state index < -0.39 is 5.54 Å². The zero-order valence-electron chi connectivity index (χ0n) is 11.5. The zero-order chi connectivity index (χ0) is 14.5. The molecular formula is C15H17BrFNO2. The van der Waals surface area contributed by atoms with E-state index >= 15 is 0 Å². The third-order valence-electron chi connectivity index (χ3n) is 4.47. The molecular weight excluding hydrogens is 325 g/mol. The van der Waals surface area contributed by atoms with E-state index in [0.29, 0.717) is 18.1 Å². The summed E-state index contributed by atoms with van der Waals surface area (Å²) in [6, 6.07) is 4.91. The first-order valence-corrected chi connectivity index (χ1v) is 7.63. The molecule has 1 heterocycles. The predicted octanol–water partition coefficient (Wildman–Crippen LogP) is 3.62. The molecule has 0 unspecified atom stereocenters. The molecule has 108 valence electrons. The van der Waals surface area contributed by atoms with Crippen molar-refractivity contribution in [3.63, 3.8) is 0 Å². The molecule has 1 saturated carbocycles. The van der Waals surface area contributed by atoms with Crippen LogP contribution in [0.3, 0.4) is 0 Å². The second kappa shape index (κ2) is 4.81. The highest BCUT2D eigenvalue weighted by Gasteiger charge is 2.58. The summed E-state index contributed by atoms with van der Waals surface area (Å²) in [6.45, 7) is 4.10. The molecule has 0 spiro atoms. The largest absolute Gasteiger partial charge is 0.273 e. The lowest BCUT2D eigenvalue weighted by Gasteiger charge is -2.36. The fourth-order valence-electron chi connectivity index (χ4n) is 3.84. The van der Waals surface area contributed by atoms with E-state index in [1.54, 1.807) is 12.1 Å². The number of hydroxylamine groups is 2. The lowest BCUT2D eigenvalue weighted by Crippen LogP contribution is -2.45. The fraction of sp³-hybridized carbons (Fsp3) is 0.533. The molecule has 1 saturated heterocycles. The third-order valence-corrected chi connectivity index (χ3v) is 4.96. The summed E-state index contributed by atoms with van der Waals surface area (Å²) >= 11 is 3.40. The van der Waals surface area contributed by atoms with Gasteiger partial charge in [-0.1, -0.05) is 22.9 Å². The molecule has 2 fully saturated rings. The zero-order valence-corrected chi connectivity index (χ0v) is 13.1. The summed E-state index contributed by atoms with van der Waals surface area (Å²) in [7, 11) is 0. The first-order chi connectivity index (χ1) is 9.45. The van der Waals surface area contributed by atoms with Crippen molar-refractivity contribution in [1.29, 1.82) is 0 Å². The number of nitrogens with zero attached hydrogens (tertiary/aromatic N) is 1. The monoisotopic (exact) mass is 341 g/mol. The first-order valence-electron chi connectivity index (χ1n) is 6.84. The van der Waals surface area contributed by atoms with Crippen LogP contribution in [0.2, 0.25) is 0 Å². The molecule has 1 amide bonds. The van der Waals surface area contributed by atoms with E-state index in [1.807, 2.05) is 0 Å². The lowest BCUT2D eigenvalue weighted by molar-refractivity contribution is -0.190. The molecule has 3 nitrogen and oxygen atoms in total. The van der Waals surface area contributed by atoms with E-state index in [4.69, 9.17) is 4.84 Å². The van der Waals surface area contributed by atoms with Gasteiger partial charge in [-0.15, -0.1) is 0 Å². The maximum atomic E-state index is 14.4. The molecule has 1 aromatic carbocycles. The molecule has 3 atom stereocenters. The minimum absolute atomic E-state index is 0.158. The quantitative estimate of drug-likeness (QED) is 0.780. The molecule has 0 aromatic heterocycles. The Balaban J connectivity index is 2.18. The van der Waals surface area contributed by atoms with Crippen LogP contribution in [0.4, 0.5) is 4.39 Å². The minimum Gasteiger partial charge on any atom is -0.273 e. The second-order valence-corrected chi connectivity index (χ2v) is 6.82. The molecule has 2 aliphatic rings. The van der Waals surface area contributed by atoms with Gasteiger partial charge >= 0.3 is 0 Å². The van der Waals surface area contributed by atoms with Crippen molar-refractivity contribution in [2.75, 3.05) is 6.61 Å². The summed E-state index contributed by atoms with van der Waals surface area (Å²) in [6.07, 6.45) is 1.69. The lowest BCUT2D eigenvalue weighted by atomic mass is 9.80. The van der Waals surface area contributed by atoms with Gasteiger partial charge in [0.1, 0.15) is 11.4 Å². The summed E-state index contributed by atoms with van der Waals surface area (Å²) in [5.74, 6) is 0.166. The van der Waals surface area contributed by atoms with E-state index in [9.17, 15) is 9.18 Å². The molecule has 0 radical (unpaired) electrons. The smallest absolute Gasteiger partial charge is 0.243 e. The Morgan fingerprint density at radius 2 is 2.30 bits per heavy atom. The van der Waals surface area contributed by atoms with Crippen molar-refractivity contribution in [2.24, 2.45) is 11.8 Å². The minimum atomic E-state index is -0.654. The van der Waals surface area contributed by atoms with Gasteiger partial charge in [-0.05, 0) is 37.0 Å². The Labute approximate surface area is 126 Å². The van der Waals surface area contributed by atoms with Crippen molar-refractivity contribution in [2.45, 2.75) is 32.2 Å². The van der Waals surface area contributed by atoms with Crippen molar-refractivity contribution in [3.8, 4) is 0 Å². The fourth-order valence-corrected chi connectivity index (χ4v) is 4.20. The molecule has 1 aliphatic carbocycles. The second-order valence-electron chi connectivity index (χ2n) is 5.90. The topological polar surface area (TPSA) is 29.5 Å². The van der Waals surface area contributed by atoms with Crippen LogP contribution in [0.15, 0.2) is 22.7 Å². The number of rotatable bonds is 1. The van der Waals surface area contributed by atoms with Crippen molar-refractivity contribution < 1.29 is 14.0 Å². The third kappa shape index (κ3) is 1.91. The van der Waals surface area contributed by atoms with Gasteiger partial charge in [-0.2, -0.15) is 0 Å². The van der Waals surface area contributed by atoms with Crippen LogP contribution in [-0.4, -0.2) is 17.6 Å². The van der Waals surface area contributed by atoms with Crippen LogP contribution in [0.1, 0.15) is 32.3 Å². The van der Waals surface area contributed by atoms with E-state index in [0.717, 1.165) is 17.3 Å². The number of benzene rings is 1. The Hall–Kier alpha value is -0.940. The molecule has 0 bridgehead atoms. The summed E-state index contributed by atoms with van der Waals surface area (Å²) in [5, 5.41) is 1.41. The van der Waals surface area contributed by atoms with Gasteiger partial charge in [0.25, 0.3) is 0 Å². The Kier molecular flexibility index (Phi) is 3.37. The number of hydrogen-bond donors (Lipinski definition) is 0. The van der Waals surface area contributed by atoms with Gasteiger partial charge < -0.3 is 0 Å². The van der Waals surface area contributed by atoms with Gasteiger partial charge in [0.15, 0.2) is 0 Å². The van der Waals surface area contributed by atoms with Crippen molar-refractivity contribution in [1.82, 2.24) is 5.06 Å². The molecule has 3 rings (SSSR count). The molecule has 20 heavy (non-hydrogen) atoms. The maximum absolute atomic E-state index is 14.4. The number of amides is 1. The number of halogens is 2. The average Bonchev–Trinajstić information content (AvgIpc) is 2.86. The number of carbonyl (C=O) groups excluding carboxylic acids is 1. The van der Waals surface area contributed by atoms with Crippen LogP contribution in [0.25, 0.3) is 0 Å². The van der Waals surface area contributed by atoms with E-state index in [-0.39, 0.29) is 17.6 Å². The van der Waals surface area contributed by atoms with Gasteiger partial charge in [-0.3, -0.25) is 9.63 Å². The predicted molar refractivity (Wildman–Crippen MR) is 76.1 cm³/mol. The molecule has 5 heteroatoms. The summed E-state index contributed by atoms with van der Waals surface area (Å²) in [4.78, 5) is 17.5. The molecule has 0 N–H and O–H groups in total. The van der Waals surface area contributed by atoms with Crippen LogP contribution < -0.4 is 0 Å². The number of hydrogen-bond acceptors (Lipinski definition) is 2.